The summed E-state index contributed by atoms with van der Waals surface area (Å²) in [5.74, 6) is -0.594. The van der Waals surface area contributed by atoms with E-state index in [-0.39, 0.29) is 18.4 Å². The Morgan fingerprint density at radius 3 is 2.65 bits per heavy atom. The number of nitrogens with zero attached hydrogens (tertiary/aromatic N) is 2. The van der Waals surface area contributed by atoms with Crippen LogP contribution in [0.4, 0.5) is 0 Å². The van der Waals surface area contributed by atoms with Gasteiger partial charge in [-0.1, -0.05) is 42.4 Å². The fraction of sp³-hybridized carbons (Fsp3) is 0.263. The van der Waals surface area contributed by atoms with Gasteiger partial charge in [-0.25, -0.2) is 4.98 Å². The smallest absolute Gasteiger partial charge is 0.259 e. The molecule has 0 radical (unpaired) electrons. The second-order valence-electron chi connectivity index (χ2n) is 5.90. The van der Waals surface area contributed by atoms with Crippen molar-refractivity contribution in [3.8, 4) is 11.3 Å². The molecular formula is C19H20N4O3. The van der Waals surface area contributed by atoms with Crippen molar-refractivity contribution in [2.75, 3.05) is 13.1 Å². The Kier molecular flexibility index (Phi) is 5.26. The number of fused-ring (bicyclic) bond motifs is 1. The minimum Gasteiger partial charge on any atom is -0.355 e. The second kappa shape index (κ2) is 7.77. The molecule has 0 aliphatic heterocycles. The van der Waals surface area contributed by atoms with Crippen LogP contribution in [0.5, 0.6) is 0 Å². The van der Waals surface area contributed by atoms with Crippen LogP contribution in [0.3, 0.4) is 0 Å². The van der Waals surface area contributed by atoms with Gasteiger partial charge in [0.1, 0.15) is 0 Å². The maximum atomic E-state index is 12.7. The van der Waals surface area contributed by atoms with Crippen molar-refractivity contribution in [1.82, 2.24) is 20.8 Å². The third-order valence-corrected chi connectivity index (χ3v) is 3.91. The van der Waals surface area contributed by atoms with Crippen LogP contribution < -0.4 is 10.6 Å². The minimum absolute atomic E-state index is 0.0896. The summed E-state index contributed by atoms with van der Waals surface area (Å²) in [6.07, 6.45) is 0.838. The first-order valence-electron chi connectivity index (χ1n) is 8.47. The van der Waals surface area contributed by atoms with E-state index in [1.807, 2.05) is 37.3 Å². The van der Waals surface area contributed by atoms with E-state index in [1.54, 1.807) is 13.0 Å². The number of hydrogen-bond acceptors (Lipinski definition) is 5. The van der Waals surface area contributed by atoms with Gasteiger partial charge in [0, 0.05) is 12.1 Å². The van der Waals surface area contributed by atoms with Gasteiger partial charge in [-0.3, -0.25) is 9.59 Å². The molecule has 0 fully saturated rings. The normalized spacial score (nSPS) is 10.7. The quantitative estimate of drug-likeness (QED) is 0.710. The molecule has 0 saturated carbocycles. The number of nitrogens with one attached hydrogen (secondary N) is 2. The van der Waals surface area contributed by atoms with Crippen LogP contribution in [0.2, 0.25) is 0 Å². The van der Waals surface area contributed by atoms with Crippen molar-refractivity contribution in [3.05, 3.63) is 47.7 Å². The molecule has 0 unspecified atom stereocenters. The van der Waals surface area contributed by atoms with Crippen LogP contribution in [-0.4, -0.2) is 35.0 Å². The summed E-state index contributed by atoms with van der Waals surface area (Å²) in [5, 5.41) is 9.83. The molecule has 0 atom stereocenters. The zero-order valence-corrected chi connectivity index (χ0v) is 14.7. The summed E-state index contributed by atoms with van der Waals surface area (Å²) < 4.78 is 5.26. The molecule has 2 N–H and O–H groups in total. The van der Waals surface area contributed by atoms with Gasteiger partial charge in [-0.05, 0) is 19.4 Å². The molecule has 7 nitrogen and oxygen atoms in total. The lowest BCUT2D eigenvalue weighted by Crippen LogP contribution is -2.37. The average Bonchev–Trinajstić information content (AvgIpc) is 3.05. The van der Waals surface area contributed by atoms with E-state index in [1.165, 1.54) is 0 Å². The predicted molar refractivity (Wildman–Crippen MR) is 97.6 cm³/mol. The summed E-state index contributed by atoms with van der Waals surface area (Å²) in [7, 11) is 0. The molecule has 0 saturated heterocycles. The maximum Gasteiger partial charge on any atom is 0.259 e. The number of benzene rings is 1. The first kappa shape index (κ1) is 17.6. The molecule has 0 spiro atoms. The Balaban J connectivity index is 1.92. The largest absolute Gasteiger partial charge is 0.355 e. The van der Waals surface area contributed by atoms with Gasteiger partial charge >= 0.3 is 0 Å². The molecule has 3 rings (SSSR count). The molecule has 0 bridgehead atoms. The number of carbonyl (C=O) groups is 2. The van der Waals surface area contributed by atoms with Gasteiger partial charge in [0.05, 0.1) is 28.9 Å². The van der Waals surface area contributed by atoms with Crippen LogP contribution in [-0.2, 0) is 4.79 Å². The standard InChI is InChI=1S/C19H20N4O3/c1-3-9-20-16(24)11-21-18(25)14-10-15(13-7-5-4-6-8-13)22-19-17(14)12(2)23-26-19/h4-8,10H,3,9,11H2,1-2H3,(H,20,24)(H,21,25). The van der Waals surface area contributed by atoms with Crippen LogP contribution in [0, 0.1) is 6.92 Å². The first-order chi connectivity index (χ1) is 12.6. The van der Waals surface area contributed by atoms with Gasteiger partial charge in [0.25, 0.3) is 11.6 Å². The Morgan fingerprint density at radius 1 is 1.15 bits per heavy atom. The van der Waals surface area contributed by atoms with Crippen molar-refractivity contribution < 1.29 is 14.1 Å². The molecule has 0 aliphatic rings. The van der Waals surface area contributed by atoms with Crippen molar-refractivity contribution in [3.63, 3.8) is 0 Å². The molecule has 134 valence electrons. The zero-order valence-electron chi connectivity index (χ0n) is 14.7. The van der Waals surface area contributed by atoms with E-state index in [9.17, 15) is 9.59 Å². The Bertz CT molecular complexity index is 935. The average molecular weight is 352 g/mol. The molecule has 1 aromatic carbocycles. The van der Waals surface area contributed by atoms with Crippen LogP contribution in [0.1, 0.15) is 29.4 Å². The third kappa shape index (κ3) is 3.72. The molecule has 3 aromatic rings. The number of aryl methyl sites for hydroxylation is 1. The fourth-order valence-electron chi connectivity index (χ4n) is 2.61. The third-order valence-electron chi connectivity index (χ3n) is 3.91. The number of carbonyl (C=O) groups excluding carboxylic acids is 2. The number of amides is 2. The molecule has 2 amide bonds. The van der Waals surface area contributed by atoms with E-state index in [0.717, 1.165) is 12.0 Å². The maximum absolute atomic E-state index is 12.7. The van der Waals surface area contributed by atoms with E-state index in [0.29, 0.717) is 34.6 Å². The molecular weight excluding hydrogens is 332 g/mol. The highest BCUT2D eigenvalue weighted by Gasteiger charge is 2.19. The Hall–Kier alpha value is -3.22. The highest BCUT2D eigenvalue weighted by molar-refractivity contribution is 6.07. The summed E-state index contributed by atoms with van der Waals surface area (Å²) >= 11 is 0. The van der Waals surface area contributed by atoms with Gasteiger partial charge < -0.3 is 15.2 Å². The lowest BCUT2D eigenvalue weighted by molar-refractivity contribution is -0.120. The van der Waals surface area contributed by atoms with E-state index in [4.69, 9.17) is 4.52 Å². The molecule has 0 aliphatic carbocycles. The summed E-state index contributed by atoms with van der Waals surface area (Å²) in [5.41, 5.74) is 2.72. The fourth-order valence-corrected chi connectivity index (χ4v) is 2.61. The summed E-state index contributed by atoms with van der Waals surface area (Å²) in [4.78, 5) is 28.9. The van der Waals surface area contributed by atoms with E-state index >= 15 is 0 Å². The highest BCUT2D eigenvalue weighted by Crippen LogP contribution is 2.26. The van der Waals surface area contributed by atoms with E-state index < -0.39 is 0 Å². The van der Waals surface area contributed by atoms with Crippen molar-refractivity contribution in [1.29, 1.82) is 0 Å². The van der Waals surface area contributed by atoms with Gasteiger partial charge in [0.2, 0.25) is 5.91 Å². The van der Waals surface area contributed by atoms with Gasteiger partial charge in [-0.15, -0.1) is 0 Å². The minimum atomic E-state index is -0.368. The van der Waals surface area contributed by atoms with Crippen molar-refractivity contribution in [2.45, 2.75) is 20.3 Å². The number of rotatable bonds is 6. The lowest BCUT2D eigenvalue weighted by atomic mass is 10.1. The van der Waals surface area contributed by atoms with E-state index in [2.05, 4.69) is 20.8 Å². The Morgan fingerprint density at radius 2 is 1.92 bits per heavy atom. The van der Waals surface area contributed by atoms with Gasteiger partial charge in [-0.2, -0.15) is 0 Å². The topological polar surface area (TPSA) is 97.1 Å². The monoisotopic (exact) mass is 352 g/mol. The van der Waals surface area contributed by atoms with Crippen LogP contribution >= 0.6 is 0 Å². The van der Waals surface area contributed by atoms with Gasteiger partial charge in [0.15, 0.2) is 0 Å². The van der Waals surface area contributed by atoms with Crippen molar-refractivity contribution in [2.24, 2.45) is 0 Å². The number of pyridine rings is 1. The molecule has 7 heteroatoms. The lowest BCUT2D eigenvalue weighted by Gasteiger charge is -2.08. The Labute approximate surface area is 150 Å². The molecule has 26 heavy (non-hydrogen) atoms. The summed E-state index contributed by atoms with van der Waals surface area (Å²) in [6.45, 7) is 4.21. The molecule has 2 heterocycles. The molecule has 2 aromatic heterocycles. The predicted octanol–water partition coefficient (Wildman–Crippen LogP) is 2.45. The SMILES string of the molecule is CCCNC(=O)CNC(=O)c1cc(-c2ccccc2)nc2onc(C)c12. The first-order valence-corrected chi connectivity index (χ1v) is 8.47. The zero-order chi connectivity index (χ0) is 18.5. The van der Waals surface area contributed by atoms with Crippen LogP contribution in [0.15, 0.2) is 40.9 Å². The van der Waals surface area contributed by atoms with Crippen molar-refractivity contribution >= 4 is 22.9 Å². The van der Waals surface area contributed by atoms with Crippen LogP contribution in [0.25, 0.3) is 22.4 Å². The number of hydrogen-bond donors (Lipinski definition) is 2. The number of aromatic nitrogens is 2. The highest BCUT2D eigenvalue weighted by atomic mass is 16.5. The second-order valence-corrected chi connectivity index (χ2v) is 5.90. The summed E-state index contributed by atoms with van der Waals surface area (Å²) in [6, 6.07) is 11.2.